The normalized spacial score (nSPS) is 15.0. The molecule has 8 nitrogen and oxygen atoms in total. The smallest absolute Gasteiger partial charge is 0.330 e. The van der Waals surface area contributed by atoms with Gasteiger partial charge in [-0.1, -0.05) is 6.07 Å². The molecule has 2 aromatic rings. The van der Waals surface area contributed by atoms with Crippen LogP contribution in [0, 0.1) is 0 Å². The van der Waals surface area contributed by atoms with E-state index in [1.165, 1.54) is 0 Å². The fourth-order valence-corrected chi connectivity index (χ4v) is 2.15. The average molecular weight is 289 g/mol. The van der Waals surface area contributed by atoms with E-state index >= 15 is 0 Å². The van der Waals surface area contributed by atoms with Gasteiger partial charge in [-0.25, -0.2) is 9.59 Å². The lowest BCUT2D eigenvalue weighted by molar-refractivity contribution is -0.197. The highest BCUT2D eigenvalue weighted by molar-refractivity contribution is 6.01. The summed E-state index contributed by atoms with van der Waals surface area (Å²) in [6, 6.07) is 4.94. The third kappa shape index (κ3) is 2.55. The van der Waals surface area contributed by atoms with E-state index < -0.39 is 17.8 Å². The van der Waals surface area contributed by atoms with Crippen LogP contribution >= 0.6 is 0 Å². The largest absolute Gasteiger partial charge is 0.337 e. The summed E-state index contributed by atoms with van der Waals surface area (Å²) in [6.45, 7) is 0. The molecule has 0 spiro atoms. The summed E-state index contributed by atoms with van der Waals surface area (Å²) in [5.41, 5.74) is 1.46. The average Bonchev–Trinajstić information content (AvgIpc) is 2.94. The van der Waals surface area contributed by atoms with Gasteiger partial charge >= 0.3 is 11.7 Å². The number of amides is 2. The molecule has 0 aliphatic carbocycles. The van der Waals surface area contributed by atoms with E-state index in [9.17, 15) is 19.2 Å². The summed E-state index contributed by atoms with van der Waals surface area (Å²) in [7, 11) is 0. The quantitative estimate of drug-likeness (QED) is 0.773. The van der Waals surface area contributed by atoms with Gasteiger partial charge in [0.05, 0.1) is 17.5 Å². The number of fused-ring (bicyclic) bond motifs is 1. The minimum atomic E-state index is -0.712. The van der Waals surface area contributed by atoms with Gasteiger partial charge in [0.1, 0.15) is 0 Å². The van der Waals surface area contributed by atoms with Crippen molar-refractivity contribution in [2.24, 2.45) is 0 Å². The van der Waals surface area contributed by atoms with Crippen LogP contribution in [0.3, 0.4) is 0 Å². The molecule has 0 radical (unpaired) electrons. The fourth-order valence-electron chi connectivity index (χ4n) is 2.15. The van der Waals surface area contributed by atoms with Gasteiger partial charge in [-0.05, 0) is 17.7 Å². The number of imide groups is 1. The zero-order valence-electron chi connectivity index (χ0n) is 10.8. The van der Waals surface area contributed by atoms with Crippen LogP contribution in [0.1, 0.15) is 18.4 Å². The summed E-state index contributed by atoms with van der Waals surface area (Å²) >= 11 is 0. The Morgan fingerprint density at radius 3 is 2.48 bits per heavy atom. The summed E-state index contributed by atoms with van der Waals surface area (Å²) < 4.78 is 0. The number of nitrogens with one attached hydrogen (secondary N) is 2. The lowest BCUT2D eigenvalue weighted by atomic mass is 10.1. The van der Waals surface area contributed by atoms with Crippen molar-refractivity contribution in [2.75, 3.05) is 0 Å². The third-order valence-electron chi connectivity index (χ3n) is 3.13. The molecule has 3 rings (SSSR count). The molecular formula is C13H11N3O5. The van der Waals surface area contributed by atoms with Gasteiger partial charge in [0.2, 0.25) is 0 Å². The van der Waals surface area contributed by atoms with E-state index in [4.69, 9.17) is 4.84 Å². The lowest BCUT2D eigenvalue weighted by Gasteiger charge is -2.12. The molecule has 1 saturated heterocycles. The molecule has 1 aromatic carbocycles. The SMILES string of the molecule is O=C(Cc1ccc2[nH]c(=O)[nH]c2c1)ON1C(=O)CCC1=O. The van der Waals surface area contributed by atoms with Crippen molar-refractivity contribution >= 4 is 28.8 Å². The highest BCUT2D eigenvalue weighted by atomic mass is 16.7. The van der Waals surface area contributed by atoms with E-state index in [0.717, 1.165) is 0 Å². The first-order chi connectivity index (χ1) is 10.0. The molecule has 2 heterocycles. The van der Waals surface area contributed by atoms with Crippen LogP contribution in [0.25, 0.3) is 11.0 Å². The maximum atomic E-state index is 11.8. The predicted molar refractivity (Wildman–Crippen MR) is 69.8 cm³/mol. The molecule has 2 amide bonds. The van der Waals surface area contributed by atoms with Crippen molar-refractivity contribution < 1.29 is 19.2 Å². The second-order valence-corrected chi connectivity index (χ2v) is 4.68. The molecule has 1 aliphatic heterocycles. The minimum Gasteiger partial charge on any atom is -0.330 e. The van der Waals surface area contributed by atoms with Gasteiger partial charge < -0.3 is 14.8 Å². The first-order valence-electron chi connectivity index (χ1n) is 6.30. The van der Waals surface area contributed by atoms with Crippen LogP contribution < -0.4 is 5.69 Å². The zero-order chi connectivity index (χ0) is 15.0. The van der Waals surface area contributed by atoms with Crippen molar-refractivity contribution in [2.45, 2.75) is 19.3 Å². The number of aromatic amines is 2. The summed E-state index contributed by atoms with van der Waals surface area (Å²) in [5.74, 6) is -1.74. The zero-order valence-corrected chi connectivity index (χ0v) is 10.8. The van der Waals surface area contributed by atoms with Gasteiger partial charge in [0.15, 0.2) is 0 Å². The number of hydrogen-bond donors (Lipinski definition) is 2. The molecule has 8 heteroatoms. The number of hydrogen-bond acceptors (Lipinski definition) is 5. The van der Waals surface area contributed by atoms with E-state index in [1.807, 2.05) is 0 Å². The van der Waals surface area contributed by atoms with Crippen LogP contribution in [0.15, 0.2) is 23.0 Å². The Morgan fingerprint density at radius 2 is 1.76 bits per heavy atom. The Labute approximate surface area is 117 Å². The van der Waals surface area contributed by atoms with Gasteiger partial charge in [-0.15, -0.1) is 5.06 Å². The summed E-state index contributed by atoms with van der Waals surface area (Å²) in [5, 5.41) is 0.513. The van der Waals surface area contributed by atoms with Crippen LogP contribution in [0.5, 0.6) is 0 Å². The number of imidazole rings is 1. The molecule has 2 N–H and O–H groups in total. The number of carbonyl (C=O) groups excluding carboxylic acids is 3. The van der Waals surface area contributed by atoms with Crippen molar-refractivity contribution in [1.82, 2.24) is 15.0 Å². The van der Waals surface area contributed by atoms with Crippen LogP contribution in [0.2, 0.25) is 0 Å². The molecular weight excluding hydrogens is 278 g/mol. The highest BCUT2D eigenvalue weighted by Gasteiger charge is 2.32. The Morgan fingerprint density at radius 1 is 1.10 bits per heavy atom. The second kappa shape index (κ2) is 4.89. The molecule has 108 valence electrons. The van der Waals surface area contributed by atoms with Crippen molar-refractivity contribution in [3.63, 3.8) is 0 Å². The number of benzene rings is 1. The highest BCUT2D eigenvalue weighted by Crippen LogP contribution is 2.14. The summed E-state index contributed by atoms with van der Waals surface area (Å²) in [4.78, 5) is 55.5. The number of nitrogens with zero attached hydrogens (tertiary/aromatic N) is 1. The van der Waals surface area contributed by atoms with Gasteiger partial charge in [0.25, 0.3) is 11.8 Å². The number of hydroxylamine groups is 2. The standard InChI is InChI=1S/C13H11N3O5/c17-10-3-4-11(18)16(10)21-12(19)6-7-1-2-8-9(5-7)15-13(20)14-8/h1-2,5H,3-4,6H2,(H2,14,15,20). The maximum absolute atomic E-state index is 11.8. The van der Waals surface area contributed by atoms with Crippen LogP contribution in [-0.2, 0) is 25.6 Å². The Hall–Kier alpha value is -2.90. The summed E-state index contributed by atoms with van der Waals surface area (Å²) in [6.07, 6.45) is 0.00549. The van der Waals surface area contributed by atoms with Crippen molar-refractivity contribution in [3.05, 3.63) is 34.2 Å². The van der Waals surface area contributed by atoms with Crippen molar-refractivity contribution in [3.8, 4) is 0 Å². The number of rotatable bonds is 3. The Bertz CT molecular complexity index is 787. The van der Waals surface area contributed by atoms with E-state index in [0.29, 0.717) is 21.7 Å². The maximum Gasteiger partial charge on any atom is 0.337 e. The number of aromatic nitrogens is 2. The van der Waals surface area contributed by atoms with Gasteiger partial charge in [0, 0.05) is 12.8 Å². The number of carbonyl (C=O) groups is 3. The first-order valence-corrected chi connectivity index (χ1v) is 6.30. The lowest BCUT2D eigenvalue weighted by Crippen LogP contribution is -2.32. The topological polar surface area (TPSA) is 112 Å². The molecule has 21 heavy (non-hydrogen) atoms. The third-order valence-corrected chi connectivity index (χ3v) is 3.13. The molecule has 1 fully saturated rings. The van der Waals surface area contributed by atoms with Gasteiger partial charge in [-0.2, -0.15) is 0 Å². The fraction of sp³-hybridized carbons (Fsp3) is 0.231. The van der Waals surface area contributed by atoms with E-state index in [-0.39, 0.29) is 25.0 Å². The Balaban J connectivity index is 1.72. The molecule has 1 aromatic heterocycles. The second-order valence-electron chi connectivity index (χ2n) is 4.68. The molecule has 0 atom stereocenters. The van der Waals surface area contributed by atoms with E-state index in [2.05, 4.69) is 9.97 Å². The minimum absolute atomic E-state index is 0.0582. The monoisotopic (exact) mass is 289 g/mol. The van der Waals surface area contributed by atoms with Crippen LogP contribution in [0.4, 0.5) is 0 Å². The molecule has 0 bridgehead atoms. The Kier molecular flexibility index (Phi) is 3.05. The van der Waals surface area contributed by atoms with Crippen molar-refractivity contribution in [1.29, 1.82) is 0 Å². The first kappa shape index (κ1) is 13.1. The number of H-pyrrole nitrogens is 2. The molecule has 1 aliphatic rings. The molecule has 0 unspecified atom stereocenters. The van der Waals surface area contributed by atoms with Crippen LogP contribution in [-0.4, -0.2) is 32.8 Å². The predicted octanol–water partition coefficient (Wildman–Crippen LogP) is 0.00590. The van der Waals surface area contributed by atoms with E-state index in [1.54, 1.807) is 18.2 Å². The molecule has 0 saturated carbocycles. The van der Waals surface area contributed by atoms with Gasteiger partial charge in [-0.3, -0.25) is 9.59 Å².